The predicted molar refractivity (Wildman–Crippen MR) is 89.7 cm³/mol. The van der Waals surface area contributed by atoms with E-state index in [-0.39, 0.29) is 0 Å². The van der Waals surface area contributed by atoms with Gasteiger partial charge in [0, 0.05) is 11.7 Å². The lowest BCUT2D eigenvalue weighted by Gasteiger charge is -2.22. The van der Waals surface area contributed by atoms with E-state index in [2.05, 4.69) is 54.7 Å². The summed E-state index contributed by atoms with van der Waals surface area (Å²) in [4.78, 5) is 0. The molecule has 0 saturated heterocycles. The number of fused-ring (bicyclic) bond motifs is 3. The van der Waals surface area contributed by atoms with Gasteiger partial charge in [-0.1, -0.05) is 43.2 Å². The largest absolute Gasteiger partial charge is 0.382 e. The van der Waals surface area contributed by atoms with Crippen molar-refractivity contribution in [2.45, 2.75) is 45.1 Å². The smallest absolute Gasteiger partial charge is 0.0345 e. The molecule has 1 saturated carbocycles. The van der Waals surface area contributed by atoms with Crippen LogP contribution < -0.4 is 5.32 Å². The Morgan fingerprint density at radius 1 is 0.952 bits per heavy atom. The molecule has 2 aliphatic carbocycles. The Kier molecular flexibility index (Phi) is 3.21. The van der Waals surface area contributed by atoms with Gasteiger partial charge in [-0.15, -0.1) is 0 Å². The summed E-state index contributed by atoms with van der Waals surface area (Å²) in [6.45, 7) is 2.35. The molecule has 0 radical (unpaired) electrons. The molecular formula is C20H23N. The van der Waals surface area contributed by atoms with E-state index in [0.29, 0.717) is 6.04 Å². The van der Waals surface area contributed by atoms with Crippen LogP contribution >= 0.6 is 0 Å². The highest BCUT2D eigenvalue weighted by molar-refractivity contribution is 5.78. The molecule has 4 rings (SSSR count). The standard InChI is InChI=1S/C20H23N/c1-14(15-6-2-3-7-15)21-18-10-11-20-17(13-18)12-16-8-4-5-9-19(16)20/h4-5,8-11,13-15,21H,2-3,6-7,12H2,1H3. The van der Waals surface area contributed by atoms with Crippen molar-refractivity contribution in [2.75, 3.05) is 5.32 Å². The highest BCUT2D eigenvalue weighted by Crippen LogP contribution is 2.38. The van der Waals surface area contributed by atoms with Crippen LogP contribution in [-0.2, 0) is 6.42 Å². The van der Waals surface area contributed by atoms with Crippen LogP contribution in [0.5, 0.6) is 0 Å². The number of hydrogen-bond acceptors (Lipinski definition) is 1. The van der Waals surface area contributed by atoms with Gasteiger partial charge in [0.25, 0.3) is 0 Å². The van der Waals surface area contributed by atoms with Gasteiger partial charge < -0.3 is 5.32 Å². The van der Waals surface area contributed by atoms with Crippen molar-refractivity contribution in [3.63, 3.8) is 0 Å². The molecule has 21 heavy (non-hydrogen) atoms. The highest BCUT2D eigenvalue weighted by Gasteiger charge is 2.22. The zero-order chi connectivity index (χ0) is 14.2. The quantitative estimate of drug-likeness (QED) is 0.689. The molecule has 0 aliphatic heterocycles. The lowest BCUT2D eigenvalue weighted by molar-refractivity contribution is 0.482. The first-order valence-corrected chi connectivity index (χ1v) is 8.29. The van der Waals surface area contributed by atoms with E-state index in [1.807, 2.05) is 0 Å². The fourth-order valence-electron chi connectivity index (χ4n) is 4.07. The number of nitrogens with one attached hydrogen (secondary N) is 1. The van der Waals surface area contributed by atoms with Crippen molar-refractivity contribution in [3.8, 4) is 11.1 Å². The van der Waals surface area contributed by atoms with Crippen LogP contribution in [0.2, 0.25) is 0 Å². The topological polar surface area (TPSA) is 12.0 Å². The second-order valence-corrected chi connectivity index (χ2v) is 6.68. The molecule has 2 aromatic carbocycles. The molecule has 1 fully saturated rings. The Morgan fingerprint density at radius 2 is 1.71 bits per heavy atom. The molecule has 1 N–H and O–H groups in total. The van der Waals surface area contributed by atoms with Gasteiger partial charge in [0.2, 0.25) is 0 Å². The van der Waals surface area contributed by atoms with Gasteiger partial charge in [-0.25, -0.2) is 0 Å². The zero-order valence-corrected chi connectivity index (χ0v) is 12.7. The number of hydrogen-bond donors (Lipinski definition) is 1. The Labute approximate surface area is 127 Å². The van der Waals surface area contributed by atoms with E-state index < -0.39 is 0 Å². The third kappa shape index (κ3) is 2.35. The maximum absolute atomic E-state index is 3.74. The second kappa shape index (κ2) is 5.22. The van der Waals surface area contributed by atoms with Crippen molar-refractivity contribution < 1.29 is 0 Å². The van der Waals surface area contributed by atoms with Crippen LogP contribution in [0, 0.1) is 5.92 Å². The molecule has 0 heterocycles. The predicted octanol–water partition coefficient (Wildman–Crippen LogP) is 5.25. The van der Waals surface area contributed by atoms with Crippen molar-refractivity contribution >= 4 is 5.69 Å². The van der Waals surface area contributed by atoms with E-state index in [9.17, 15) is 0 Å². The SMILES string of the molecule is CC(Nc1ccc2c(c1)Cc1ccccc1-2)C1CCCC1. The normalized spacial score (nSPS) is 18.3. The van der Waals surface area contributed by atoms with E-state index in [1.165, 1.54) is 53.6 Å². The number of benzene rings is 2. The molecule has 0 aromatic heterocycles. The van der Waals surface area contributed by atoms with Crippen molar-refractivity contribution in [2.24, 2.45) is 5.92 Å². The van der Waals surface area contributed by atoms with Gasteiger partial charge in [-0.05, 0) is 66.5 Å². The first kappa shape index (κ1) is 12.9. The zero-order valence-electron chi connectivity index (χ0n) is 12.7. The van der Waals surface area contributed by atoms with Gasteiger partial charge in [-0.2, -0.15) is 0 Å². The van der Waals surface area contributed by atoms with Crippen LogP contribution in [-0.4, -0.2) is 6.04 Å². The second-order valence-electron chi connectivity index (χ2n) is 6.68. The van der Waals surface area contributed by atoms with Crippen molar-refractivity contribution in [3.05, 3.63) is 53.6 Å². The Bertz CT molecular complexity index is 653. The van der Waals surface area contributed by atoms with Gasteiger partial charge in [-0.3, -0.25) is 0 Å². The monoisotopic (exact) mass is 277 g/mol. The van der Waals surface area contributed by atoms with E-state index >= 15 is 0 Å². The fraction of sp³-hybridized carbons (Fsp3) is 0.400. The maximum Gasteiger partial charge on any atom is 0.0345 e. The minimum atomic E-state index is 0.592. The third-order valence-corrected chi connectivity index (χ3v) is 5.29. The summed E-state index contributed by atoms with van der Waals surface area (Å²) >= 11 is 0. The number of anilines is 1. The van der Waals surface area contributed by atoms with Gasteiger partial charge in [0.1, 0.15) is 0 Å². The van der Waals surface area contributed by atoms with E-state index in [4.69, 9.17) is 0 Å². The van der Waals surface area contributed by atoms with Gasteiger partial charge in [0.15, 0.2) is 0 Å². The first-order chi connectivity index (χ1) is 10.3. The summed E-state index contributed by atoms with van der Waals surface area (Å²) in [5, 5.41) is 3.74. The lowest BCUT2D eigenvalue weighted by atomic mass is 9.99. The molecule has 0 amide bonds. The molecule has 0 spiro atoms. The average molecular weight is 277 g/mol. The summed E-state index contributed by atoms with van der Waals surface area (Å²) in [5.41, 5.74) is 7.07. The molecule has 1 nitrogen and oxygen atoms in total. The van der Waals surface area contributed by atoms with E-state index in [1.54, 1.807) is 0 Å². The third-order valence-electron chi connectivity index (χ3n) is 5.29. The van der Waals surface area contributed by atoms with Crippen LogP contribution in [0.4, 0.5) is 5.69 Å². The number of rotatable bonds is 3. The summed E-state index contributed by atoms with van der Waals surface area (Å²) in [5.74, 6) is 0.857. The minimum Gasteiger partial charge on any atom is -0.382 e. The molecule has 2 aliphatic rings. The molecule has 2 aromatic rings. The minimum absolute atomic E-state index is 0.592. The maximum atomic E-state index is 3.74. The highest BCUT2D eigenvalue weighted by atomic mass is 14.9. The summed E-state index contributed by atoms with van der Waals surface area (Å²) in [6.07, 6.45) is 6.69. The molecular weight excluding hydrogens is 254 g/mol. The van der Waals surface area contributed by atoms with Crippen LogP contribution in [0.1, 0.15) is 43.7 Å². The lowest BCUT2D eigenvalue weighted by Crippen LogP contribution is -2.23. The van der Waals surface area contributed by atoms with Crippen LogP contribution in [0.15, 0.2) is 42.5 Å². The Balaban J connectivity index is 1.56. The van der Waals surface area contributed by atoms with Crippen molar-refractivity contribution in [1.82, 2.24) is 0 Å². The van der Waals surface area contributed by atoms with Crippen LogP contribution in [0.25, 0.3) is 11.1 Å². The van der Waals surface area contributed by atoms with E-state index in [0.717, 1.165) is 12.3 Å². The van der Waals surface area contributed by atoms with Gasteiger partial charge >= 0.3 is 0 Å². The Morgan fingerprint density at radius 3 is 2.57 bits per heavy atom. The molecule has 1 heteroatoms. The summed E-state index contributed by atoms with van der Waals surface area (Å²) in [7, 11) is 0. The van der Waals surface area contributed by atoms with Crippen LogP contribution in [0.3, 0.4) is 0 Å². The average Bonchev–Trinajstić information content (AvgIpc) is 3.14. The molecule has 108 valence electrons. The molecule has 1 unspecified atom stereocenters. The summed E-state index contributed by atoms with van der Waals surface area (Å²) < 4.78 is 0. The Hall–Kier alpha value is -1.76. The first-order valence-electron chi connectivity index (χ1n) is 8.29. The fourth-order valence-corrected chi connectivity index (χ4v) is 4.07. The van der Waals surface area contributed by atoms with Crippen molar-refractivity contribution in [1.29, 1.82) is 0 Å². The van der Waals surface area contributed by atoms with Gasteiger partial charge in [0.05, 0.1) is 0 Å². The molecule has 1 atom stereocenters. The summed E-state index contributed by atoms with van der Waals surface area (Å²) in [6, 6.07) is 16.3. The molecule has 0 bridgehead atoms.